The molecule has 3 aliphatic rings. The minimum atomic E-state index is -0.457. The Balaban J connectivity index is 2.03. The minimum Gasteiger partial charge on any atom is -0.270 e. The van der Waals surface area contributed by atoms with Gasteiger partial charge in [-0.1, -0.05) is 17.1 Å². The van der Waals surface area contributed by atoms with Crippen molar-refractivity contribution >= 4 is 23.7 Å². The zero-order chi connectivity index (χ0) is 15.1. The monoisotopic (exact) mass is 290 g/mol. The van der Waals surface area contributed by atoms with Gasteiger partial charge in [-0.3, -0.25) is 19.2 Å². The van der Waals surface area contributed by atoms with E-state index in [-0.39, 0.29) is 11.9 Å². The molecule has 1 unspecified atom stereocenters. The lowest BCUT2D eigenvalue weighted by molar-refractivity contribution is -0.529. The van der Waals surface area contributed by atoms with Crippen LogP contribution in [-0.2, 0) is 4.79 Å². The van der Waals surface area contributed by atoms with Crippen molar-refractivity contribution in [2.75, 3.05) is 33.7 Å². The smallest absolute Gasteiger partial charge is 0.270 e. The topological polar surface area (TPSA) is 59.2 Å². The summed E-state index contributed by atoms with van der Waals surface area (Å²) in [7, 11) is 3.20. The van der Waals surface area contributed by atoms with Crippen LogP contribution in [0.25, 0.3) is 0 Å². The number of hydrogen-bond acceptors (Lipinski definition) is 4. The number of hydrogen-bond donors (Lipinski definition) is 0. The molecule has 0 aromatic rings. The minimum absolute atomic E-state index is 0.195. The van der Waals surface area contributed by atoms with Crippen molar-refractivity contribution in [3.8, 4) is 0 Å². The van der Waals surface area contributed by atoms with Crippen LogP contribution >= 0.6 is 0 Å². The molecular formula is C14H20N5O2+. The fourth-order valence-corrected chi connectivity index (χ4v) is 3.00. The van der Waals surface area contributed by atoms with E-state index in [2.05, 4.69) is 15.6 Å². The lowest BCUT2D eigenvalue weighted by Crippen LogP contribution is -2.63. The van der Waals surface area contributed by atoms with Crippen LogP contribution in [0, 0.1) is 0 Å². The lowest BCUT2D eigenvalue weighted by atomic mass is 10.1. The van der Waals surface area contributed by atoms with E-state index >= 15 is 0 Å². The van der Waals surface area contributed by atoms with Gasteiger partial charge < -0.3 is 0 Å². The Hall–Kier alpha value is -2.18. The van der Waals surface area contributed by atoms with E-state index in [1.807, 2.05) is 17.9 Å². The highest BCUT2D eigenvalue weighted by molar-refractivity contribution is 6.25. The highest BCUT2D eigenvalue weighted by atomic mass is 16.2. The van der Waals surface area contributed by atoms with Gasteiger partial charge in [-0.2, -0.15) is 0 Å². The lowest BCUT2D eigenvalue weighted by Gasteiger charge is -2.33. The van der Waals surface area contributed by atoms with Gasteiger partial charge in [0.1, 0.15) is 0 Å². The van der Waals surface area contributed by atoms with Crippen LogP contribution in [0.2, 0.25) is 0 Å². The SMILES string of the molecule is C/C=C/C[N+]1=C2N=C3C(C(=O)N(C)C(=O)N3C)N2CCC1. The predicted molar refractivity (Wildman–Crippen MR) is 78.3 cm³/mol. The first-order valence-electron chi connectivity index (χ1n) is 7.19. The second-order valence-corrected chi connectivity index (χ2v) is 5.47. The number of nitrogens with zero attached hydrogens (tertiary/aromatic N) is 5. The molecule has 0 radical (unpaired) electrons. The molecule has 3 rings (SSSR count). The molecule has 21 heavy (non-hydrogen) atoms. The van der Waals surface area contributed by atoms with E-state index in [1.165, 1.54) is 16.8 Å². The third kappa shape index (κ3) is 1.95. The van der Waals surface area contributed by atoms with Crippen LogP contribution < -0.4 is 0 Å². The van der Waals surface area contributed by atoms with Crippen LogP contribution in [0.15, 0.2) is 17.1 Å². The van der Waals surface area contributed by atoms with Gasteiger partial charge >= 0.3 is 12.0 Å². The van der Waals surface area contributed by atoms with Crippen molar-refractivity contribution in [1.29, 1.82) is 0 Å². The normalized spacial score (nSPS) is 25.8. The first-order chi connectivity index (χ1) is 10.1. The third-order valence-electron chi connectivity index (χ3n) is 4.18. The Bertz CT molecular complexity index is 592. The van der Waals surface area contributed by atoms with E-state index in [0.29, 0.717) is 5.84 Å². The Morgan fingerprint density at radius 2 is 2.10 bits per heavy atom. The molecule has 7 nitrogen and oxygen atoms in total. The number of amidine groups is 1. The average molecular weight is 290 g/mol. The highest BCUT2D eigenvalue weighted by Crippen LogP contribution is 2.24. The van der Waals surface area contributed by atoms with Crippen molar-refractivity contribution in [1.82, 2.24) is 14.7 Å². The summed E-state index contributed by atoms with van der Waals surface area (Å²) in [6.07, 6.45) is 5.06. The van der Waals surface area contributed by atoms with Crippen LogP contribution in [0.3, 0.4) is 0 Å². The molecular weight excluding hydrogens is 270 g/mol. The number of guanidine groups is 1. The second-order valence-electron chi connectivity index (χ2n) is 5.47. The standard InChI is InChI=1S/C14H20N5O2/c1-4-5-7-18-8-6-9-19-10-11(15-13(18)19)16(2)14(21)17(3)12(10)20/h4-5,10H,6-9H2,1-3H3/q+1/b5-4+. The molecule has 3 aliphatic heterocycles. The molecule has 0 aromatic carbocycles. The largest absolute Gasteiger partial charge is 0.392 e. The number of amides is 3. The van der Waals surface area contributed by atoms with Gasteiger partial charge in [0, 0.05) is 20.5 Å². The number of imide groups is 1. The maximum atomic E-state index is 12.4. The number of aliphatic imine (C=N–C) groups is 1. The molecule has 1 saturated heterocycles. The molecule has 0 bridgehead atoms. The summed E-state index contributed by atoms with van der Waals surface area (Å²) in [4.78, 5) is 33.7. The van der Waals surface area contributed by atoms with Gasteiger partial charge in [0.05, 0.1) is 19.6 Å². The molecule has 1 atom stereocenters. The van der Waals surface area contributed by atoms with Crippen LogP contribution in [0.1, 0.15) is 13.3 Å². The number of carbonyl (C=O) groups excluding carboxylic acids is 2. The third-order valence-corrected chi connectivity index (χ3v) is 4.18. The van der Waals surface area contributed by atoms with E-state index in [1.54, 1.807) is 7.05 Å². The van der Waals surface area contributed by atoms with Gasteiger partial charge in [-0.25, -0.2) is 9.69 Å². The zero-order valence-corrected chi connectivity index (χ0v) is 12.6. The van der Waals surface area contributed by atoms with Gasteiger partial charge in [-0.05, 0) is 6.92 Å². The Morgan fingerprint density at radius 3 is 2.81 bits per heavy atom. The quantitative estimate of drug-likeness (QED) is 0.529. The molecule has 0 aromatic heterocycles. The number of likely N-dealkylation sites (N-methyl/N-ethyl adjacent to an activating group) is 2. The van der Waals surface area contributed by atoms with Crippen molar-refractivity contribution < 1.29 is 14.2 Å². The fourth-order valence-electron chi connectivity index (χ4n) is 3.00. The summed E-state index contributed by atoms with van der Waals surface area (Å²) in [5.74, 6) is 1.16. The summed E-state index contributed by atoms with van der Waals surface area (Å²) in [6.45, 7) is 4.47. The molecule has 1 fully saturated rings. The van der Waals surface area contributed by atoms with Crippen molar-refractivity contribution in [2.24, 2.45) is 4.99 Å². The number of allylic oxidation sites excluding steroid dienone is 1. The van der Waals surface area contributed by atoms with Crippen LogP contribution in [-0.4, -0.2) is 82.8 Å². The fraction of sp³-hybridized carbons (Fsp3) is 0.571. The summed E-state index contributed by atoms with van der Waals surface area (Å²) >= 11 is 0. The first kappa shape index (κ1) is 13.8. The summed E-state index contributed by atoms with van der Waals surface area (Å²) < 4.78 is 2.15. The van der Waals surface area contributed by atoms with Crippen molar-refractivity contribution in [3.05, 3.63) is 12.2 Å². The predicted octanol–water partition coefficient (Wildman–Crippen LogP) is -0.0588. The molecule has 7 heteroatoms. The molecule has 0 N–H and O–H groups in total. The van der Waals surface area contributed by atoms with E-state index in [0.717, 1.165) is 32.0 Å². The molecule has 3 heterocycles. The summed E-state index contributed by atoms with van der Waals surface area (Å²) in [5, 5.41) is 0. The summed E-state index contributed by atoms with van der Waals surface area (Å²) in [6, 6.07) is -0.781. The molecule has 3 amide bonds. The van der Waals surface area contributed by atoms with Crippen molar-refractivity contribution in [2.45, 2.75) is 19.4 Å². The average Bonchev–Trinajstić information content (AvgIpc) is 2.89. The number of fused-ring (bicyclic) bond motifs is 3. The summed E-state index contributed by atoms with van der Waals surface area (Å²) in [5.41, 5.74) is 0. The maximum Gasteiger partial charge on any atom is 0.392 e. The molecule has 0 aliphatic carbocycles. The first-order valence-corrected chi connectivity index (χ1v) is 7.19. The highest BCUT2D eigenvalue weighted by Gasteiger charge is 2.55. The van der Waals surface area contributed by atoms with Crippen molar-refractivity contribution in [3.63, 3.8) is 0 Å². The molecule has 0 saturated carbocycles. The van der Waals surface area contributed by atoms with Crippen LogP contribution in [0.5, 0.6) is 0 Å². The van der Waals surface area contributed by atoms with Gasteiger partial charge in [0.25, 0.3) is 5.91 Å². The Morgan fingerprint density at radius 1 is 1.33 bits per heavy atom. The van der Waals surface area contributed by atoms with E-state index in [9.17, 15) is 9.59 Å². The number of urea groups is 1. The van der Waals surface area contributed by atoms with Gasteiger partial charge in [0.15, 0.2) is 0 Å². The second kappa shape index (κ2) is 4.98. The molecule has 112 valence electrons. The zero-order valence-electron chi connectivity index (χ0n) is 12.6. The number of carbonyl (C=O) groups is 2. The number of rotatable bonds is 2. The van der Waals surface area contributed by atoms with Gasteiger partial charge in [-0.15, -0.1) is 0 Å². The Labute approximate surface area is 123 Å². The van der Waals surface area contributed by atoms with Gasteiger partial charge in [0.2, 0.25) is 11.9 Å². The van der Waals surface area contributed by atoms with E-state index in [4.69, 9.17) is 0 Å². The van der Waals surface area contributed by atoms with E-state index < -0.39 is 6.04 Å². The molecule has 0 spiro atoms. The maximum absolute atomic E-state index is 12.4. The van der Waals surface area contributed by atoms with Crippen LogP contribution in [0.4, 0.5) is 4.79 Å². The Kier molecular flexibility index (Phi) is 3.27.